The molecule has 8 heteroatoms. The summed E-state index contributed by atoms with van der Waals surface area (Å²) in [6.45, 7) is 1.08. The van der Waals surface area contributed by atoms with Crippen LogP contribution in [0.3, 0.4) is 0 Å². The maximum absolute atomic E-state index is 13.1. The molecule has 2 atom stereocenters. The zero-order chi connectivity index (χ0) is 22.7. The van der Waals surface area contributed by atoms with Crippen molar-refractivity contribution in [2.45, 2.75) is 82.5 Å². The third-order valence-corrected chi connectivity index (χ3v) is 7.28. The van der Waals surface area contributed by atoms with E-state index in [1.165, 1.54) is 0 Å². The van der Waals surface area contributed by atoms with Gasteiger partial charge in [0.1, 0.15) is 6.04 Å². The molecular weight excluding hydrogens is 406 g/mol. The van der Waals surface area contributed by atoms with Crippen LogP contribution in [0, 0.1) is 5.92 Å². The molecule has 32 heavy (non-hydrogen) atoms. The zero-order valence-electron chi connectivity index (χ0n) is 18.6. The first-order valence-corrected chi connectivity index (χ1v) is 12.0. The number of amides is 3. The molecule has 6 N–H and O–H groups in total. The Morgan fingerprint density at radius 3 is 2.59 bits per heavy atom. The summed E-state index contributed by atoms with van der Waals surface area (Å²) in [4.78, 5) is 38.6. The molecule has 1 aromatic carbocycles. The van der Waals surface area contributed by atoms with Gasteiger partial charge in [0.05, 0.1) is 0 Å². The second-order valence-electron chi connectivity index (χ2n) is 9.44. The van der Waals surface area contributed by atoms with Gasteiger partial charge in [-0.2, -0.15) is 0 Å². The van der Waals surface area contributed by atoms with Gasteiger partial charge in [0.25, 0.3) is 5.91 Å². The number of hydrogen-bond acceptors (Lipinski definition) is 6. The lowest BCUT2D eigenvalue weighted by atomic mass is 9.80. The van der Waals surface area contributed by atoms with Gasteiger partial charge in [0, 0.05) is 41.9 Å². The number of unbranched alkanes of at least 4 members (excludes halogenated alkanes) is 1. The summed E-state index contributed by atoms with van der Waals surface area (Å²) in [5, 5.41) is 6.14. The van der Waals surface area contributed by atoms with Gasteiger partial charge in [-0.15, -0.1) is 0 Å². The molecule has 174 valence electrons. The molecule has 1 aliphatic carbocycles. The monoisotopic (exact) mass is 441 g/mol. The van der Waals surface area contributed by atoms with Gasteiger partial charge in [-0.3, -0.25) is 19.7 Å². The molecule has 1 aromatic rings. The van der Waals surface area contributed by atoms with Crippen molar-refractivity contribution in [3.63, 3.8) is 0 Å². The highest BCUT2D eigenvalue weighted by Gasteiger charge is 2.40. The van der Waals surface area contributed by atoms with E-state index < -0.39 is 6.04 Å². The van der Waals surface area contributed by atoms with E-state index in [4.69, 9.17) is 11.5 Å². The summed E-state index contributed by atoms with van der Waals surface area (Å²) in [6, 6.07) is 5.78. The maximum Gasteiger partial charge on any atom is 0.255 e. The number of nitrogens with zero attached hydrogens (tertiary/aromatic N) is 1. The Morgan fingerprint density at radius 2 is 1.88 bits per heavy atom. The fraction of sp³-hybridized carbons (Fsp3) is 0.625. The van der Waals surface area contributed by atoms with E-state index in [2.05, 4.69) is 10.6 Å². The molecule has 0 bridgehead atoms. The highest BCUT2D eigenvalue weighted by Crippen LogP contribution is 2.35. The van der Waals surface area contributed by atoms with Crippen LogP contribution in [0.25, 0.3) is 0 Å². The predicted octanol–water partition coefficient (Wildman–Crippen LogP) is 1.87. The van der Waals surface area contributed by atoms with Crippen molar-refractivity contribution in [2.24, 2.45) is 17.4 Å². The van der Waals surface area contributed by atoms with Gasteiger partial charge in [-0.05, 0) is 69.5 Å². The molecule has 2 heterocycles. The molecule has 0 spiro atoms. The van der Waals surface area contributed by atoms with E-state index in [0.29, 0.717) is 43.1 Å². The van der Waals surface area contributed by atoms with Gasteiger partial charge >= 0.3 is 0 Å². The van der Waals surface area contributed by atoms with Crippen LogP contribution in [-0.4, -0.2) is 47.3 Å². The molecule has 2 fully saturated rings. The van der Waals surface area contributed by atoms with E-state index in [1.807, 2.05) is 18.2 Å². The number of fused-ring (bicyclic) bond motifs is 1. The highest BCUT2D eigenvalue weighted by molar-refractivity contribution is 6.06. The van der Waals surface area contributed by atoms with Gasteiger partial charge < -0.3 is 21.7 Å². The molecule has 1 saturated heterocycles. The Labute approximate surface area is 189 Å². The molecule has 4 rings (SSSR count). The third-order valence-electron chi connectivity index (χ3n) is 7.28. The van der Waals surface area contributed by atoms with Crippen molar-refractivity contribution >= 4 is 23.4 Å². The average molecular weight is 442 g/mol. The fourth-order valence-corrected chi connectivity index (χ4v) is 5.40. The molecule has 3 amide bonds. The lowest BCUT2D eigenvalue weighted by Crippen LogP contribution is -2.52. The van der Waals surface area contributed by atoms with Crippen LogP contribution >= 0.6 is 0 Å². The van der Waals surface area contributed by atoms with Crippen LogP contribution in [0.1, 0.15) is 73.7 Å². The Bertz CT molecular complexity index is 865. The van der Waals surface area contributed by atoms with Gasteiger partial charge in [0.2, 0.25) is 11.8 Å². The first-order chi connectivity index (χ1) is 15.5. The summed E-state index contributed by atoms with van der Waals surface area (Å²) < 4.78 is 0. The third kappa shape index (κ3) is 4.81. The number of benzene rings is 1. The van der Waals surface area contributed by atoms with Crippen LogP contribution in [0.15, 0.2) is 18.2 Å². The van der Waals surface area contributed by atoms with Crippen molar-refractivity contribution in [1.82, 2.24) is 10.2 Å². The molecule has 0 aromatic heterocycles. The first kappa shape index (κ1) is 22.7. The largest absolute Gasteiger partial charge is 0.382 e. The van der Waals surface area contributed by atoms with Gasteiger partial charge in [-0.25, -0.2) is 0 Å². The van der Waals surface area contributed by atoms with E-state index in [0.717, 1.165) is 56.2 Å². The Morgan fingerprint density at radius 1 is 1.09 bits per heavy atom. The predicted molar refractivity (Wildman–Crippen MR) is 123 cm³/mol. The number of nitrogens with two attached hydrogens (primary N) is 2. The van der Waals surface area contributed by atoms with Crippen molar-refractivity contribution in [2.75, 3.05) is 11.9 Å². The topological polar surface area (TPSA) is 131 Å². The van der Waals surface area contributed by atoms with E-state index in [1.54, 1.807) is 4.90 Å². The lowest BCUT2D eigenvalue weighted by molar-refractivity contribution is -0.136. The summed E-state index contributed by atoms with van der Waals surface area (Å²) in [5.74, 6) is -0.242. The number of hydrogen-bond donors (Lipinski definition) is 4. The summed E-state index contributed by atoms with van der Waals surface area (Å²) >= 11 is 0. The number of anilines is 1. The minimum Gasteiger partial charge on any atom is -0.382 e. The number of imide groups is 1. The van der Waals surface area contributed by atoms with E-state index in [-0.39, 0.29) is 24.1 Å². The smallest absolute Gasteiger partial charge is 0.255 e. The first-order valence-electron chi connectivity index (χ1n) is 12.0. The molecule has 8 nitrogen and oxygen atoms in total. The van der Waals surface area contributed by atoms with Crippen molar-refractivity contribution in [1.29, 1.82) is 0 Å². The highest BCUT2D eigenvalue weighted by atomic mass is 16.2. The van der Waals surface area contributed by atoms with Gasteiger partial charge in [0.15, 0.2) is 0 Å². The minimum atomic E-state index is -0.597. The quantitative estimate of drug-likeness (QED) is 0.360. The molecule has 0 unspecified atom stereocenters. The summed E-state index contributed by atoms with van der Waals surface area (Å²) in [5.41, 5.74) is 14.4. The summed E-state index contributed by atoms with van der Waals surface area (Å²) in [7, 11) is 0. The lowest BCUT2D eigenvalue weighted by Gasteiger charge is -2.34. The number of nitrogens with one attached hydrogen (secondary N) is 2. The Hall–Kier alpha value is -2.45. The molecule has 1 saturated carbocycles. The average Bonchev–Trinajstić information content (AvgIpc) is 3.11. The normalized spacial score (nSPS) is 26.6. The summed E-state index contributed by atoms with van der Waals surface area (Å²) in [6.07, 6.45) is 8.04. The van der Waals surface area contributed by atoms with Crippen molar-refractivity contribution in [3.05, 3.63) is 29.3 Å². The zero-order valence-corrected chi connectivity index (χ0v) is 18.6. The second-order valence-corrected chi connectivity index (χ2v) is 9.44. The Kier molecular flexibility index (Phi) is 7.10. The van der Waals surface area contributed by atoms with Crippen LogP contribution in [-0.2, 0) is 16.1 Å². The molecule has 2 aliphatic heterocycles. The SMILES string of the molecule is NCCCC[C@H](Nc1cccc2c1CN([C@H]1CCC(=O)NC1=O)C2=O)C1CCC(N)CC1. The van der Waals surface area contributed by atoms with E-state index in [9.17, 15) is 14.4 Å². The van der Waals surface area contributed by atoms with Crippen molar-refractivity contribution < 1.29 is 14.4 Å². The standard InChI is InChI=1S/C24H35N5O3/c25-13-2-1-5-19(15-7-9-16(26)10-8-15)27-20-6-3-4-17-18(20)14-29(24(17)32)21-11-12-22(30)28-23(21)31/h3-4,6,15-16,19,21,27H,1-2,5,7-14,25-26H2,(H,28,30,31)/t15?,16?,19-,21-/m0/s1. The van der Waals surface area contributed by atoms with Crippen LogP contribution in [0.2, 0.25) is 0 Å². The van der Waals surface area contributed by atoms with Crippen LogP contribution in [0.4, 0.5) is 5.69 Å². The van der Waals surface area contributed by atoms with Gasteiger partial charge in [-0.1, -0.05) is 12.5 Å². The van der Waals surface area contributed by atoms with Crippen LogP contribution < -0.4 is 22.1 Å². The Balaban J connectivity index is 1.52. The number of rotatable bonds is 8. The fourth-order valence-electron chi connectivity index (χ4n) is 5.40. The maximum atomic E-state index is 13.1. The number of piperidine rings is 1. The van der Waals surface area contributed by atoms with Crippen molar-refractivity contribution in [3.8, 4) is 0 Å². The number of carbonyl (C=O) groups excluding carboxylic acids is 3. The molecule has 0 radical (unpaired) electrons. The molecular formula is C24H35N5O3. The van der Waals surface area contributed by atoms with Crippen LogP contribution in [0.5, 0.6) is 0 Å². The minimum absolute atomic E-state index is 0.138. The molecule has 3 aliphatic rings. The number of carbonyl (C=O) groups is 3. The second kappa shape index (κ2) is 10.0. The van der Waals surface area contributed by atoms with E-state index >= 15 is 0 Å².